The second kappa shape index (κ2) is 31.5. The molecule has 1 unspecified atom stereocenters. The van der Waals surface area contributed by atoms with Crippen LogP contribution in [0.4, 0.5) is 26.7 Å². The Morgan fingerprint density at radius 3 is 2.06 bits per heavy atom. The Morgan fingerprint density at radius 2 is 1.40 bits per heavy atom. The lowest BCUT2D eigenvalue weighted by Gasteiger charge is -2.33. The van der Waals surface area contributed by atoms with Gasteiger partial charge in [0.25, 0.3) is 17.7 Å². The topological polar surface area (TPSA) is 335 Å². The van der Waals surface area contributed by atoms with Crippen molar-refractivity contribution in [1.82, 2.24) is 24.6 Å². The molecule has 4 heterocycles. The lowest BCUT2D eigenvalue weighted by molar-refractivity contribution is -0.132. The van der Waals surface area contributed by atoms with Crippen LogP contribution in [0.1, 0.15) is 119 Å². The Balaban J connectivity index is 0.752. The number of nitrogens with two attached hydrogens (primary N) is 1. The van der Waals surface area contributed by atoms with Crippen molar-refractivity contribution in [2.75, 3.05) is 76.8 Å². The lowest BCUT2D eigenvalue weighted by Crippen LogP contribution is -2.56. The number of aliphatic imine (C=N–C) groups is 1. The van der Waals surface area contributed by atoms with Crippen LogP contribution in [0.5, 0.6) is 23.0 Å². The minimum Gasteiger partial charge on any atom is -0.493 e. The summed E-state index contributed by atoms with van der Waals surface area (Å²) >= 11 is 0. The molecule has 2 aliphatic carbocycles. The Morgan fingerprint density at radius 1 is 0.777 bits per heavy atom. The zero-order valence-corrected chi connectivity index (χ0v) is 54.7. The summed E-state index contributed by atoms with van der Waals surface area (Å²) in [4.78, 5) is 104. The number of methoxy groups -OCH3 is 2. The summed E-state index contributed by atoms with van der Waals surface area (Å²) in [5, 5.41) is 14.7. The van der Waals surface area contributed by atoms with Gasteiger partial charge in [-0.05, 0) is 119 Å². The number of fused-ring (bicyclic) bond motifs is 5. The highest BCUT2D eigenvalue weighted by atomic mass is 32.2. The molecule has 1 fully saturated rings. The van der Waals surface area contributed by atoms with E-state index in [1.54, 1.807) is 55.4 Å². The molecule has 0 bridgehead atoms. The van der Waals surface area contributed by atoms with E-state index in [0.717, 1.165) is 46.6 Å². The number of aliphatic hydroxyl groups excluding tert-OH is 1. The van der Waals surface area contributed by atoms with Gasteiger partial charge in [0.15, 0.2) is 29.2 Å². The van der Waals surface area contributed by atoms with Crippen molar-refractivity contribution in [2.45, 2.75) is 129 Å². The van der Waals surface area contributed by atoms with E-state index in [1.165, 1.54) is 50.3 Å². The van der Waals surface area contributed by atoms with Crippen molar-refractivity contribution < 1.29 is 85.0 Å². The average Bonchev–Trinajstić information content (AvgIpc) is 1.59. The molecule has 0 spiro atoms. The number of unbranched alkanes of at least 4 members (excludes halogenated alkanes) is 2. The van der Waals surface area contributed by atoms with E-state index in [9.17, 15) is 47.1 Å². The third kappa shape index (κ3) is 17.0. The van der Waals surface area contributed by atoms with Crippen LogP contribution in [0.2, 0.25) is 0 Å². The van der Waals surface area contributed by atoms with E-state index < -0.39 is 82.9 Å². The Bertz CT molecular complexity index is 3590. The number of benzene rings is 3. The number of anilines is 2. The Kier molecular flexibility index (Phi) is 23.3. The van der Waals surface area contributed by atoms with Gasteiger partial charge in [0.05, 0.1) is 88.4 Å². The van der Waals surface area contributed by atoms with Crippen molar-refractivity contribution in [3.63, 3.8) is 0 Å². The first-order chi connectivity index (χ1) is 45.1. The summed E-state index contributed by atoms with van der Waals surface area (Å²) in [5.74, 6) is 5.29. The van der Waals surface area contributed by atoms with Crippen molar-refractivity contribution in [1.29, 1.82) is 0 Å². The van der Waals surface area contributed by atoms with Crippen molar-refractivity contribution in [2.24, 2.45) is 34.4 Å². The van der Waals surface area contributed by atoms with Gasteiger partial charge in [-0.3, -0.25) is 33.9 Å². The van der Waals surface area contributed by atoms with Crippen LogP contribution in [0, 0.1) is 35.5 Å². The van der Waals surface area contributed by atoms with E-state index in [2.05, 4.69) is 26.9 Å². The molecule has 506 valence electrons. The summed E-state index contributed by atoms with van der Waals surface area (Å²) in [6.07, 6.45) is 7.95. The summed E-state index contributed by atoms with van der Waals surface area (Å²) in [6, 6.07) is 9.11. The number of rotatable bonds is 30. The molecule has 27 nitrogen and oxygen atoms in total. The highest BCUT2D eigenvalue weighted by Crippen LogP contribution is 2.52. The maximum Gasteiger partial charge on any atom is 0.421 e. The first-order valence-electron chi connectivity index (χ1n) is 31.5. The molecule has 0 saturated heterocycles. The van der Waals surface area contributed by atoms with E-state index in [-0.39, 0.29) is 98.9 Å². The number of hydrogen-bond acceptors (Lipinski definition) is 19. The van der Waals surface area contributed by atoms with Gasteiger partial charge < -0.3 is 63.9 Å². The molecule has 7 amide bonds. The monoisotopic (exact) mass is 1320 g/mol. The number of carbonyl (C=O) groups is 7. The van der Waals surface area contributed by atoms with Gasteiger partial charge in [0, 0.05) is 55.8 Å². The molecule has 6 aliphatic rings. The molecule has 1 saturated carbocycles. The Labute approximate surface area is 546 Å². The fraction of sp³-hybridized carbons (Fsp3) is 0.515. The first kappa shape index (κ1) is 69.6. The van der Waals surface area contributed by atoms with E-state index in [4.69, 9.17) is 43.6 Å². The molecule has 4 aliphatic heterocycles. The summed E-state index contributed by atoms with van der Waals surface area (Å²) in [5.41, 5.74) is 9.31. The molecular formula is C66H83N9O18S. The number of amides is 7. The van der Waals surface area contributed by atoms with Crippen molar-refractivity contribution in [3.8, 4) is 34.8 Å². The molecule has 0 aromatic heterocycles. The van der Waals surface area contributed by atoms with Gasteiger partial charge in [-0.15, -0.1) is 11.8 Å². The number of nitrogens with zero attached hydrogens (tertiary/aromatic N) is 5. The minimum absolute atomic E-state index is 0.0205. The SMILES string of the molecule is COc1cc2c(cc1OCCCCCOc1cc3c(cc1OC)C(=O)N1C=C(C)C[C@H]1[C@H](O)N3C(=O)OCc1ccc(N(C(=O)[C@@H](NC(=O)COCCOCCNS(=O)(=O)NC(=O)OCC3[C@H]4CCC#CCC[C@@H]34)C(C)C)[C@@H](C)C(N)=O)cc1)N=C[C@@H]1CC(C)=CN1C2=O. The van der Waals surface area contributed by atoms with Crippen LogP contribution in [0.25, 0.3) is 0 Å². The quantitative estimate of drug-likeness (QED) is 0.0369. The number of nitrogens with one attached hydrogen (secondary N) is 3. The highest BCUT2D eigenvalue weighted by molar-refractivity contribution is 7.88. The number of hydrogen-bond donors (Lipinski definition) is 5. The van der Waals surface area contributed by atoms with Crippen LogP contribution in [0.15, 0.2) is 77.1 Å². The maximum absolute atomic E-state index is 14.4. The maximum atomic E-state index is 14.4. The second-order valence-corrected chi connectivity index (χ2v) is 25.8. The third-order valence-electron chi connectivity index (χ3n) is 17.2. The molecule has 3 aromatic carbocycles. The molecule has 3 aromatic rings. The molecule has 94 heavy (non-hydrogen) atoms. The fourth-order valence-electron chi connectivity index (χ4n) is 12.2. The van der Waals surface area contributed by atoms with Crippen LogP contribution in [0.3, 0.4) is 0 Å². The normalized spacial score (nSPS) is 20.7. The van der Waals surface area contributed by atoms with Gasteiger partial charge >= 0.3 is 22.4 Å². The predicted octanol–water partition coefficient (Wildman–Crippen LogP) is 6.14. The second-order valence-electron chi connectivity index (χ2n) is 24.3. The van der Waals surface area contributed by atoms with Gasteiger partial charge in [0.2, 0.25) is 11.8 Å². The van der Waals surface area contributed by atoms with Gasteiger partial charge in [-0.1, -0.05) is 37.1 Å². The Hall–Kier alpha value is -8.75. The molecule has 8 atom stereocenters. The fourth-order valence-corrected chi connectivity index (χ4v) is 12.9. The van der Waals surface area contributed by atoms with Gasteiger partial charge in [-0.2, -0.15) is 13.1 Å². The van der Waals surface area contributed by atoms with E-state index >= 15 is 0 Å². The summed E-state index contributed by atoms with van der Waals surface area (Å²) in [6.45, 7) is 8.11. The number of aliphatic hydroxyl groups is 1. The number of primary amides is 1. The average molecular weight is 1320 g/mol. The van der Waals surface area contributed by atoms with Gasteiger partial charge in [0.1, 0.15) is 25.3 Å². The molecule has 6 N–H and O–H groups in total. The zero-order chi connectivity index (χ0) is 67.4. The van der Waals surface area contributed by atoms with E-state index in [0.29, 0.717) is 72.4 Å². The van der Waals surface area contributed by atoms with Crippen molar-refractivity contribution in [3.05, 3.63) is 88.8 Å². The number of carbonyl (C=O) groups excluding carboxylic acids is 7. The largest absolute Gasteiger partial charge is 0.493 e. The van der Waals surface area contributed by atoms with Crippen LogP contribution < -0.4 is 49.2 Å². The van der Waals surface area contributed by atoms with Crippen LogP contribution >= 0.6 is 0 Å². The molecule has 0 radical (unpaired) electrons. The zero-order valence-electron chi connectivity index (χ0n) is 53.9. The van der Waals surface area contributed by atoms with Crippen LogP contribution in [-0.2, 0) is 50.1 Å². The highest BCUT2D eigenvalue weighted by Gasteiger charge is 2.50. The summed E-state index contributed by atoms with van der Waals surface area (Å²) < 4.78 is 74.4. The summed E-state index contributed by atoms with van der Waals surface area (Å²) in [7, 11) is -1.28. The van der Waals surface area contributed by atoms with Crippen LogP contribution in [-0.4, -0.2) is 169 Å². The van der Waals surface area contributed by atoms with Crippen molar-refractivity contribution >= 4 is 75.2 Å². The predicted molar refractivity (Wildman–Crippen MR) is 343 cm³/mol. The molecule has 9 rings (SSSR count). The molecular weight excluding hydrogens is 1240 g/mol. The lowest BCUT2D eigenvalue weighted by atomic mass is 10.0. The first-order valence-corrected chi connectivity index (χ1v) is 33.0. The van der Waals surface area contributed by atoms with E-state index in [1.807, 2.05) is 24.8 Å². The standard InChI is InChI=1S/C66H83N9O18S/c1-39(2)59(70-58(76)38-89-26-25-88-24-21-69-94(84,85)71-65(82)92-37-50-46-15-11-8-9-12-16-47(46)50)64(81)74(42(5)60(67)77)44-19-17-43(18-20-44)36-93-66(83)75-52-32-57(55(87-7)30-49(52)62(79)73-35-41(4)28-53(73)63(75)80)91-23-14-10-13-22-90-56-31-51-48(29-54(56)86-6)61(78)72-34-40(3)27-45(72)33-68-51/h17-20,29-35,39,42,45-47,50,53,59,63,69,80H,10-16,21-28,36-38H2,1-7H3,(H2,67,77)(H,70,76)(H,71,82)/t42-,45-,46-,47+,50?,53-,59-,63-/m0/s1. The van der Waals surface area contributed by atoms with Gasteiger partial charge in [-0.25, -0.2) is 19.2 Å². The number of ether oxygens (including phenoxy) is 8. The molecule has 28 heteroatoms. The minimum atomic E-state index is -4.22. The smallest absolute Gasteiger partial charge is 0.421 e. The third-order valence-corrected chi connectivity index (χ3v) is 18.2.